The Morgan fingerprint density at radius 3 is 1.62 bits per heavy atom. The van der Waals surface area contributed by atoms with Gasteiger partial charge >= 0.3 is 18.9 Å². The van der Waals surface area contributed by atoms with Crippen LogP contribution in [-0.4, -0.2) is 62.4 Å². The van der Waals surface area contributed by atoms with Crippen LogP contribution in [0.15, 0.2) is 0 Å². The third-order valence-corrected chi connectivity index (χ3v) is 3.81. The Labute approximate surface area is 148 Å². The molecular formula is C12H18F7LiO3S. The van der Waals surface area contributed by atoms with Crippen LogP contribution in [0.5, 0.6) is 0 Å². The first kappa shape index (κ1) is 26.2. The fraction of sp³-hybridized carbons (Fsp3) is 1.00. The minimum absolute atomic E-state index is 0. The Morgan fingerprint density at radius 1 is 0.750 bits per heavy atom. The molecule has 6 unspecified atom stereocenters. The van der Waals surface area contributed by atoms with Gasteiger partial charge in [0.15, 0.2) is 24.7 Å². The zero-order chi connectivity index (χ0) is 18.2. The number of halogens is 7. The zero-order valence-corrected chi connectivity index (χ0v) is 13.8. The average Bonchev–Trinajstić information content (AvgIpc) is 2.46. The first-order valence-electron chi connectivity index (χ1n) is 6.85. The van der Waals surface area contributed by atoms with Crippen LogP contribution in [-0.2, 0) is 10.1 Å². The molecule has 0 rings (SSSR count). The summed E-state index contributed by atoms with van der Waals surface area (Å²) in [4.78, 5) is 0. The van der Waals surface area contributed by atoms with E-state index in [1.165, 1.54) is 0 Å². The Balaban J connectivity index is 0. The maximum Gasteiger partial charge on any atom is 1.00 e. The summed E-state index contributed by atoms with van der Waals surface area (Å²) < 4.78 is 122. The van der Waals surface area contributed by atoms with Gasteiger partial charge in [0, 0.05) is 0 Å². The van der Waals surface area contributed by atoms with Crippen molar-refractivity contribution in [3.63, 3.8) is 0 Å². The molecule has 0 N–H and O–H groups in total. The van der Waals surface area contributed by atoms with Crippen molar-refractivity contribution in [1.29, 1.82) is 0 Å². The average molecular weight is 382 g/mol. The van der Waals surface area contributed by atoms with E-state index in [4.69, 9.17) is 0 Å². The molecule has 3 nitrogen and oxygen atoms in total. The molecule has 0 saturated heterocycles. The molecule has 140 valence electrons. The molecule has 0 aromatic heterocycles. The molecule has 0 aromatic rings. The van der Waals surface area contributed by atoms with Gasteiger partial charge in [-0.2, -0.15) is 0 Å². The Kier molecular flexibility index (Phi) is 13.5. The van der Waals surface area contributed by atoms with Crippen LogP contribution in [0.1, 0.15) is 25.7 Å². The van der Waals surface area contributed by atoms with Gasteiger partial charge in [-0.1, -0.05) is 12.8 Å². The van der Waals surface area contributed by atoms with E-state index in [2.05, 4.69) is 0 Å². The fourth-order valence-corrected chi connectivity index (χ4v) is 2.38. The molecule has 0 aliphatic rings. The summed E-state index contributed by atoms with van der Waals surface area (Å²) in [6.45, 7) is -0.668. The summed E-state index contributed by atoms with van der Waals surface area (Å²) in [5.74, 6) is -1.94. The van der Waals surface area contributed by atoms with Crippen molar-refractivity contribution in [2.75, 3.05) is 12.4 Å². The van der Waals surface area contributed by atoms with Gasteiger partial charge in [-0.3, -0.25) is 4.39 Å². The second-order valence-corrected chi connectivity index (χ2v) is 6.52. The van der Waals surface area contributed by atoms with Gasteiger partial charge < -0.3 is 4.55 Å². The second kappa shape index (κ2) is 12.4. The van der Waals surface area contributed by atoms with E-state index >= 15 is 0 Å². The molecule has 0 aliphatic heterocycles. The zero-order valence-electron chi connectivity index (χ0n) is 13.0. The Morgan fingerprint density at radius 2 is 1.21 bits per heavy atom. The topological polar surface area (TPSA) is 57.2 Å². The molecule has 24 heavy (non-hydrogen) atoms. The summed E-state index contributed by atoms with van der Waals surface area (Å²) in [6, 6.07) is 0. The normalized spacial score (nSPS) is 19.7. The van der Waals surface area contributed by atoms with E-state index < -0.39 is 66.0 Å². The molecule has 0 spiro atoms. The largest absolute Gasteiger partial charge is 1.00 e. The van der Waals surface area contributed by atoms with Crippen molar-refractivity contribution in [3.8, 4) is 0 Å². The van der Waals surface area contributed by atoms with Crippen molar-refractivity contribution in [3.05, 3.63) is 0 Å². The van der Waals surface area contributed by atoms with Crippen molar-refractivity contribution >= 4 is 10.1 Å². The minimum atomic E-state index is -5.23. The van der Waals surface area contributed by atoms with Crippen LogP contribution < -0.4 is 18.9 Å². The molecule has 0 radical (unpaired) electrons. The van der Waals surface area contributed by atoms with Crippen molar-refractivity contribution in [1.82, 2.24) is 0 Å². The van der Waals surface area contributed by atoms with Crippen molar-refractivity contribution in [2.24, 2.45) is 0 Å². The van der Waals surface area contributed by atoms with Crippen LogP contribution in [0.25, 0.3) is 0 Å². The van der Waals surface area contributed by atoms with E-state index in [0.717, 1.165) is 0 Å². The quantitative estimate of drug-likeness (QED) is 0.208. The Hall–Kier alpha value is 0.0174. The summed E-state index contributed by atoms with van der Waals surface area (Å²) in [5.41, 5.74) is 0. The van der Waals surface area contributed by atoms with Crippen LogP contribution in [0, 0.1) is 0 Å². The maximum atomic E-state index is 13.4. The van der Waals surface area contributed by atoms with Crippen LogP contribution in [0.3, 0.4) is 0 Å². The predicted octanol–water partition coefficient (Wildman–Crippen LogP) is 0.0941. The van der Waals surface area contributed by atoms with Gasteiger partial charge in [0.1, 0.15) is 12.3 Å². The SMILES string of the molecule is O=S(=O)([O-])CC(F)C(F)C(F)C(F)C(F)C(F)CCCCCF.[Li+]. The maximum absolute atomic E-state index is 13.4. The van der Waals surface area contributed by atoms with Gasteiger partial charge in [0.2, 0.25) is 0 Å². The third kappa shape index (κ3) is 10.1. The number of hydrogen-bond donors (Lipinski definition) is 0. The molecule has 0 aromatic carbocycles. The third-order valence-electron chi connectivity index (χ3n) is 3.08. The van der Waals surface area contributed by atoms with Gasteiger partial charge in [0.05, 0.1) is 22.5 Å². The molecule has 0 heterocycles. The van der Waals surface area contributed by atoms with Crippen LogP contribution in [0.4, 0.5) is 30.7 Å². The van der Waals surface area contributed by atoms with E-state index in [1.807, 2.05) is 0 Å². The molecular weight excluding hydrogens is 364 g/mol. The summed E-state index contributed by atoms with van der Waals surface area (Å²) in [7, 11) is -5.23. The van der Waals surface area contributed by atoms with Gasteiger partial charge in [-0.25, -0.2) is 34.8 Å². The van der Waals surface area contributed by atoms with E-state index in [0.29, 0.717) is 0 Å². The first-order chi connectivity index (χ1) is 10.5. The van der Waals surface area contributed by atoms with Gasteiger partial charge in [-0.05, 0) is 12.8 Å². The minimum Gasteiger partial charge on any atom is -0.748 e. The first-order valence-corrected chi connectivity index (χ1v) is 8.43. The number of alkyl halides is 7. The predicted molar refractivity (Wildman–Crippen MR) is 68.4 cm³/mol. The molecule has 0 aliphatic carbocycles. The van der Waals surface area contributed by atoms with Crippen molar-refractivity contribution in [2.45, 2.75) is 62.7 Å². The molecule has 0 amide bonds. The van der Waals surface area contributed by atoms with E-state index in [9.17, 15) is 43.7 Å². The number of rotatable bonds is 12. The van der Waals surface area contributed by atoms with Crippen molar-refractivity contribution < 1.29 is 62.6 Å². The second-order valence-electron chi connectivity index (χ2n) is 5.07. The fourth-order valence-electron chi connectivity index (χ4n) is 1.81. The molecule has 0 saturated carbocycles. The van der Waals surface area contributed by atoms with Crippen LogP contribution >= 0.6 is 0 Å². The van der Waals surface area contributed by atoms with E-state index in [1.54, 1.807) is 0 Å². The molecule has 6 atom stereocenters. The van der Waals surface area contributed by atoms with E-state index in [-0.39, 0.29) is 38.1 Å². The Bertz CT molecular complexity index is 429. The smallest absolute Gasteiger partial charge is 0.748 e. The number of unbranched alkanes of at least 4 members (excludes halogenated alkanes) is 2. The monoisotopic (exact) mass is 382 g/mol. The van der Waals surface area contributed by atoms with Crippen LogP contribution in [0.2, 0.25) is 0 Å². The molecule has 12 heteroatoms. The van der Waals surface area contributed by atoms with Gasteiger partial charge in [0.25, 0.3) is 0 Å². The summed E-state index contributed by atoms with van der Waals surface area (Å²) in [6.07, 6.45) is -19.3. The number of hydrogen-bond acceptors (Lipinski definition) is 3. The standard InChI is InChI=1S/C12H19F7O3S.Li/c13-5-3-1-2-4-7(14)9(16)11(18)12(19)10(17)8(15)6-23(20,21)22;/h7-12H,1-6H2,(H,20,21,22);/q;+1/p-1. The van der Waals surface area contributed by atoms with Gasteiger partial charge in [-0.15, -0.1) is 0 Å². The summed E-state index contributed by atoms with van der Waals surface area (Å²) >= 11 is 0. The molecule has 0 bridgehead atoms. The summed E-state index contributed by atoms with van der Waals surface area (Å²) in [5, 5.41) is 0. The molecule has 0 fully saturated rings.